The molecule has 0 unspecified atom stereocenters. The average molecular weight is 315 g/mol. The zero-order chi connectivity index (χ0) is 16.2. The largest absolute Gasteiger partial charge is 0.332 e. The quantitative estimate of drug-likeness (QED) is 0.830. The summed E-state index contributed by atoms with van der Waals surface area (Å²) in [5, 5.41) is 8.44. The lowest BCUT2D eigenvalue weighted by molar-refractivity contribution is 0.0712. The SMILES string of the molecule is CCCn1nc(C(=O)N2CCC[C@H]2Cn2cccn2)ccc1=O. The smallest absolute Gasteiger partial charge is 0.274 e. The second kappa shape index (κ2) is 6.76. The van der Waals surface area contributed by atoms with Crippen LogP contribution in [0.2, 0.25) is 0 Å². The molecule has 2 aromatic heterocycles. The normalized spacial score (nSPS) is 17.6. The third kappa shape index (κ3) is 3.33. The van der Waals surface area contributed by atoms with Crippen molar-refractivity contribution in [1.29, 1.82) is 0 Å². The summed E-state index contributed by atoms with van der Waals surface area (Å²) < 4.78 is 3.22. The van der Waals surface area contributed by atoms with Crippen LogP contribution in [0.1, 0.15) is 36.7 Å². The fourth-order valence-electron chi connectivity index (χ4n) is 3.00. The molecule has 7 nitrogen and oxygen atoms in total. The van der Waals surface area contributed by atoms with Gasteiger partial charge in [-0.2, -0.15) is 10.2 Å². The van der Waals surface area contributed by atoms with Gasteiger partial charge >= 0.3 is 0 Å². The molecule has 1 saturated heterocycles. The molecule has 2 aromatic rings. The van der Waals surface area contributed by atoms with Gasteiger partial charge in [0.05, 0.1) is 12.6 Å². The Labute approximate surface area is 134 Å². The zero-order valence-electron chi connectivity index (χ0n) is 13.3. The van der Waals surface area contributed by atoms with Crippen LogP contribution >= 0.6 is 0 Å². The molecule has 3 rings (SSSR count). The van der Waals surface area contributed by atoms with E-state index in [-0.39, 0.29) is 17.5 Å². The van der Waals surface area contributed by atoms with E-state index in [0.717, 1.165) is 25.8 Å². The van der Waals surface area contributed by atoms with Gasteiger partial charge in [-0.1, -0.05) is 6.92 Å². The number of hydrogen-bond acceptors (Lipinski definition) is 4. The Bertz CT molecular complexity index is 722. The van der Waals surface area contributed by atoms with Crippen LogP contribution in [0.3, 0.4) is 0 Å². The number of amides is 1. The van der Waals surface area contributed by atoms with Gasteiger partial charge in [-0.15, -0.1) is 0 Å². The Balaban J connectivity index is 1.78. The van der Waals surface area contributed by atoms with Crippen molar-refractivity contribution in [3.63, 3.8) is 0 Å². The summed E-state index contributed by atoms with van der Waals surface area (Å²) in [7, 11) is 0. The lowest BCUT2D eigenvalue weighted by atomic mass is 10.2. The number of hydrogen-bond donors (Lipinski definition) is 0. The van der Waals surface area contributed by atoms with Crippen LogP contribution < -0.4 is 5.56 Å². The summed E-state index contributed by atoms with van der Waals surface area (Å²) in [6, 6.07) is 4.95. The molecular formula is C16H21N5O2. The van der Waals surface area contributed by atoms with E-state index in [1.807, 2.05) is 28.8 Å². The molecule has 0 aliphatic carbocycles. The standard InChI is InChI=1S/C16H21N5O2/c1-2-9-21-15(22)7-6-14(18-21)16(23)20-11-3-5-13(20)12-19-10-4-8-17-19/h4,6-8,10,13H,2-3,5,9,11-12H2,1H3/t13-/m0/s1. The van der Waals surface area contributed by atoms with Crippen molar-refractivity contribution < 1.29 is 4.79 Å². The summed E-state index contributed by atoms with van der Waals surface area (Å²) in [5.74, 6) is -0.107. The molecule has 1 atom stereocenters. The Hall–Kier alpha value is -2.44. The van der Waals surface area contributed by atoms with Crippen LogP contribution in [0.5, 0.6) is 0 Å². The Morgan fingerprint density at radius 3 is 3.00 bits per heavy atom. The van der Waals surface area contributed by atoms with Crippen LogP contribution in [0.25, 0.3) is 0 Å². The summed E-state index contributed by atoms with van der Waals surface area (Å²) >= 11 is 0. The highest BCUT2D eigenvalue weighted by Crippen LogP contribution is 2.20. The van der Waals surface area contributed by atoms with Crippen molar-refractivity contribution >= 4 is 5.91 Å². The van der Waals surface area contributed by atoms with Gasteiger partial charge < -0.3 is 4.90 Å². The predicted molar refractivity (Wildman–Crippen MR) is 85.1 cm³/mol. The first-order valence-corrected chi connectivity index (χ1v) is 8.05. The van der Waals surface area contributed by atoms with Crippen molar-refractivity contribution in [1.82, 2.24) is 24.5 Å². The minimum atomic E-state index is -0.169. The molecule has 0 saturated carbocycles. The molecule has 0 N–H and O–H groups in total. The van der Waals surface area contributed by atoms with Crippen LogP contribution in [0, 0.1) is 0 Å². The Kier molecular flexibility index (Phi) is 4.55. The maximum atomic E-state index is 12.8. The van der Waals surface area contributed by atoms with Gasteiger partial charge in [0, 0.05) is 31.5 Å². The topological polar surface area (TPSA) is 73.0 Å². The van der Waals surface area contributed by atoms with E-state index in [0.29, 0.717) is 18.8 Å². The number of nitrogens with zero attached hydrogens (tertiary/aromatic N) is 5. The maximum absolute atomic E-state index is 12.8. The molecule has 0 aromatic carbocycles. The van der Waals surface area contributed by atoms with Crippen molar-refractivity contribution in [3.8, 4) is 0 Å². The van der Waals surface area contributed by atoms with Gasteiger partial charge in [0.25, 0.3) is 11.5 Å². The molecule has 0 spiro atoms. The van der Waals surface area contributed by atoms with E-state index in [9.17, 15) is 9.59 Å². The molecule has 1 aliphatic rings. The van der Waals surface area contributed by atoms with E-state index in [1.54, 1.807) is 6.20 Å². The molecule has 23 heavy (non-hydrogen) atoms. The highest BCUT2D eigenvalue weighted by Gasteiger charge is 2.30. The van der Waals surface area contributed by atoms with Gasteiger partial charge in [-0.05, 0) is 31.4 Å². The molecule has 3 heterocycles. The van der Waals surface area contributed by atoms with Gasteiger partial charge in [0.1, 0.15) is 5.69 Å². The van der Waals surface area contributed by atoms with E-state index >= 15 is 0 Å². The number of rotatable bonds is 5. The molecule has 1 amide bonds. The number of carbonyl (C=O) groups excluding carboxylic acids is 1. The van der Waals surface area contributed by atoms with Crippen molar-refractivity contribution in [2.45, 2.75) is 45.3 Å². The van der Waals surface area contributed by atoms with Crippen LogP contribution in [0.15, 0.2) is 35.4 Å². The van der Waals surface area contributed by atoms with Gasteiger partial charge in [0.15, 0.2) is 0 Å². The third-order valence-electron chi connectivity index (χ3n) is 4.12. The zero-order valence-corrected chi connectivity index (χ0v) is 13.3. The highest BCUT2D eigenvalue weighted by molar-refractivity contribution is 5.92. The summed E-state index contributed by atoms with van der Waals surface area (Å²) in [6.07, 6.45) is 6.38. The number of likely N-dealkylation sites (tertiary alicyclic amines) is 1. The Morgan fingerprint density at radius 2 is 2.26 bits per heavy atom. The summed E-state index contributed by atoms with van der Waals surface area (Å²) in [6.45, 7) is 3.91. The number of carbonyl (C=O) groups is 1. The third-order valence-corrected chi connectivity index (χ3v) is 4.12. The lowest BCUT2D eigenvalue weighted by Gasteiger charge is -2.24. The first kappa shape index (κ1) is 15.5. The van der Waals surface area contributed by atoms with Gasteiger partial charge in [-0.3, -0.25) is 14.3 Å². The average Bonchev–Trinajstić information content (AvgIpc) is 3.21. The van der Waals surface area contributed by atoms with E-state index in [2.05, 4.69) is 10.2 Å². The van der Waals surface area contributed by atoms with E-state index in [1.165, 1.54) is 16.8 Å². The Morgan fingerprint density at radius 1 is 1.39 bits per heavy atom. The fourth-order valence-corrected chi connectivity index (χ4v) is 3.00. The molecule has 0 radical (unpaired) electrons. The summed E-state index contributed by atoms with van der Waals surface area (Å²) in [4.78, 5) is 26.4. The fraction of sp³-hybridized carbons (Fsp3) is 0.500. The minimum absolute atomic E-state index is 0.107. The predicted octanol–water partition coefficient (Wildman–Crippen LogP) is 1.15. The van der Waals surface area contributed by atoms with Crippen molar-refractivity contribution in [2.75, 3.05) is 6.54 Å². The van der Waals surface area contributed by atoms with E-state index in [4.69, 9.17) is 0 Å². The van der Waals surface area contributed by atoms with Gasteiger partial charge in [-0.25, -0.2) is 4.68 Å². The van der Waals surface area contributed by atoms with Crippen LogP contribution in [-0.2, 0) is 13.1 Å². The van der Waals surface area contributed by atoms with Crippen LogP contribution in [0.4, 0.5) is 0 Å². The molecule has 122 valence electrons. The number of aromatic nitrogens is 4. The molecule has 0 bridgehead atoms. The highest BCUT2D eigenvalue weighted by atomic mass is 16.2. The monoisotopic (exact) mass is 315 g/mol. The van der Waals surface area contributed by atoms with Crippen LogP contribution in [-0.4, -0.2) is 43.0 Å². The first-order chi connectivity index (χ1) is 11.2. The maximum Gasteiger partial charge on any atom is 0.274 e. The molecule has 1 aliphatic heterocycles. The minimum Gasteiger partial charge on any atom is -0.332 e. The number of aryl methyl sites for hydroxylation is 1. The second-order valence-corrected chi connectivity index (χ2v) is 5.80. The van der Waals surface area contributed by atoms with Gasteiger partial charge in [0.2, 0.25) is 0 Å². The second-order valence-electron chi connectivity index (χ2n) is 5.80. The molecule has 1 fully saturated rings. The van der Waals surface area contributed by atoms with Crippen molar-refractivity contribution in [3.05, 3.63) is 46.6 Å². The molecular weight excluding hydrogens is 294 g/mol. The van der Waals surface area contributed by atoms with E-state index < -0.39 is 0 Å². The first-order valence-electron chi connectivity index (χ1n) is 8.05. The summed E-state index contributed by atoms with van der Waals surface area (Å²) in [5.41, 5.74) is 0.170. The lowest BCUT2D eigenvalue weighted by Crippen LogP contribution is -2.39. The van der Waals surface area contributed by atoms with Crippen molar-refractivity contribution in [2.24, 2.45) is 0 Å². The molecule has 7 heteroatoms.